The van der Waals surface area contributed by atoms with E-state index in [0.29, 0.717) is 12.1 Å². The van der Waals surface area contributed by atoms with E-state index in [4.69, 9.17) is 9.73 Å². The van der Waals surface area contributed by atoms with Gasteiger partial charge in [0, 0.05) is 19.4 Å². The van der Waals surface area contributed by atoms with Gasteiger partial charge in [-0.25, -0.2) is 0 Å². The fraction of sp³-hybridized carbons (Fsp3) is 0.933. The number of hydrogen-bond donors (Lipinski definition) is 0. The van der Waals surface area contributed by atoms with E-state index < -0.39 is 0 Å². The summed E-state index contributed by atoms with van der Waals surface area (Å²) in [5.74, 6) is 1.65. The smallest absolute Gasteiger partial charge is 0.0571 e. The standard InChI is InChI=1S/C15H27NO/c1-12-3-7-14(8-4-12)16-11-13-5-9-15(17-2)10-6-13/h11-15H,3-10H2,1-2H3. The van der Waals surface area contributed by atoms with Crippen LogP contribution in [-0.2, 0) is 4.74 Å². The second-order valence-corrected chi connectivity index (χ2v) is 5.98. The number of ether oxygens (including phenoxy) is 1. The van der Waals surface area contributed by atoms with Crippen LogP contribution in [0.15, 0.2) is 4.99 Å². The average molecular weight is 237 g/mol. The first-order valence-corrected chi connectivity index (χ1v) is 7.34. The summed E-state index contributed by atoms with van der Waals surface area (Å²) in [6.07, 6.45) is 13.1. The number of methoxy groups -OCH3 is 1. The molecule has 17 heavy (non-hydrogen) atoms. The minimum absolute atomic E-state index is 0.509. The highest BCUT2D eigenvalue weighted by Crippen LogP contribution is 2.27. The molecule has 2 heteroatoms. The van der Waals surface area contributed by atoms with Gasteiger partial charge in [-0.05, 0) is 63.2 Å². The Morgan fingerprint density at radius 2 is 1.59 bits per heavy atom. The molecular weight excluding hydrogens is 210 g/mol. The van der Waals surface area contributed by atoms with Crippen LogP contribution >= 0.6 is 0 Å². The Hall–Kier alpha value is -0.370. The fourth-order valence-electron chi connectivity index (χ4n) is 3.11. The Kier molecular flexibility index (Phi) is 5.02. The molecule has 0 aromatic carbocycles. The molecule has 0 amide bonds. The van der Waals surface area contributed by atoms with Crippen LogP contribution in [0.2, 0.25) is 0 Å². The summed E-state index contributed by atoms with van der Waals surface area (Å²) < 4.78 is 5.40. The van der Waals surface area contributed by atoms with Crippen LogP contribution in [0.25, 0.3) is 0 Å². The number of rotatable bonds is 3. The van der Waals surface area contributed by atoms with E-state index in [-0.39, 0.29) is 0 Å². The zero-order valence-electron chi connectivity index (χ0n) is 11.4. The molecule has 2 aliphatic carbocycles. The zero-order chi connectivity index (χ0) is 12.1. The highest BCUT2D eigenvalue weighted by Gasteiger charge is 2.21. The lowest BCUT2D eigenvalue weighted by atomic mass is 9.86. The highest BCUT2D eigenvalue weighted by atomic mass is 16.5. The van der Waals surface area contributed by atoms with E-state index in [9.17, 15) is 0 Å². The third kappa shape index (κ3) is 4.09. The minimum atomic E-state index is 0.509. The van der Waals surface area contributed by atoms with Crippen molar-refractivity contribution in [3.05, 3.63) is 0 Å². The summed E-state index contributed by atoms with van der Waals surface area (Å²) >= 11 is 0. The maximum atomic E-state index is 5.40. The Bertz CT molecular complexity index is 235. The molecule has 0 heterocycles. The first-order valence-electron chi connectivity index (χ1n) is 7.34. The molecule has 0 atom stereocenters. The van der Waals surface area contributed by atoms with Crippen molar-refractivity contribution in [2.75, 3.05) is 7.11 Å². The van der Waals surface area contributed by atoms with Gasteiger partial charge in [0.25, 0.3) is 0 Å². The van der Waals surface area contributed by atoms with Gasteiger partial charge in [0.15, 0.2) is 0 Å². The molecule has 2 saturated carbocycles. The van der Waals surface area contributed by atoms with Gasteiger partial charge < -0.3 is 4.74 Å². The molecule has 0 spiro atoms. The van der Waals surface area contributed by atoms with Crippen molar-refractivity contribution in [2.24, 2.45) is 16.8 Å². The topological polar surface area (TPSA) is 21.6 Å². The Morgan fingerprint density at radius 1 is 0.941 bits per heavy atom. The van der Waals surface area contributed by atoms with Crippen LogP contribution in [-0.4, -0.2) is 25.5 Å². The molecule has 0 aliphatic heterocycles. The molecular formula is C15H27NO. The van der Waals surface area contributed by atoms with Gasteiger partial charge in [0.1, 0.15) is 0 Å². The molecule has 2 nitrogen and oxygen atoms in total. The van der Waals surface area contributed by atoms with Crippen LogP contribution in [0.3, 0.4) is 0 Å². The lowest BCUT2D eigenvalue weighted by molar-refractivity contribution is 0.0651. The Labute approximate surface area is 106 Å². The normalized spacial score (nSPS) is 39.6. The lowest BCUT2D eigenvalue weighted by Gasteiger charge is -2.26. The highest BCUT2D eigenvalue weighted by molar-refractivity contribution is 5.61. The molecule has 0 radical (unpaired) electrons. The van der Waals surface area contributed by atoms with Crippen molar-refractivity contribution in [2.45, 2.75) is 70.4 Å². The van der Waals surface area contributed by atoms with E-state index in [2.05, 4.69) is 13.1 Å². The molecule has 0 aromatic rings. The van der Waals surface area contributed by atoms with E-state index in [1.807, 2.05) is 7.11 Å². The van der Waals surface area contributed by atoms with E-state index in [1.165, 1.54) is 51.4 Å². The van der Waals surface area contributed by atoms with Crippen molar-refractivity contribution in [1.82, 2.24) is 0 Å². The molecule has 0 bridgehead atoms. The maximum Gasteiger partial charge on any atom is 0.0571 e. The molecule has 0 aromatic heterocycles. The van der Waals surface area contributed by atoms with Gasteiger partial charge in [-0.15, -0.1) is 0 Å². The van der Waals surface area contributed by atoms with Gasteiger partial charge in [0.2, 0.25) is 0 Å². The predicted octanol–water partition coefficient (Wildman–Crippen LogP) is 3.84. The van der Waals surface area contributed by atoms with Crippen molar-refractivity contribution in [3.63, 3.8) is 0 Å². The van der Waals surface area contributed by atoms with Crippen molar-refractivity contribution >= 4 is 6.21 Å². The first kappa shape index (κ1) is 13.1. The molecule has 2 aliphatic rings. The quantitative estimate of drug-likeness (QED) is 0.683. The molecule has 2 fully saturated rings. The summed E-state index contributed by atoms with van der Waals surface area (Å²) in [7, 11) is 1.84. The minimum Gasteiger partial charge on any atom is -0.381 e. The van der Waals surface area contributed by atoms with Crippen molar-refractivity contribution in [3.8, 4) is 0 Å². The third-order valence-electron chi connectivity index (χ3n) is 4.55. The monoisotopic (exact) mass is 237 g/mol. The van der Waals surface area contributed by atoms with Gasteiger partial charge in [-0.3, -0.25) is 4.99 Å². The predicted molar refractivity (Wildman–Crippen MR) is 72.7 cm³/mol. The number of hydrogen-bond acceptors (Lipinski definition) is 2. The molecule has 0 unspecified atom stereocenters. The van der Waals surface area contributed by atoms with Crippen LogP contribution in [0.4, 0.5) is 0 Å². The van der Waals surface area contributed by atoms with Crippen LogP contribution in [0.1, 0.15) is 58.3 Å². The summed E-state index contributed by atoms with van der Waals surface area (Å²) in [5, 5.41) is 0. The van der Waals surface area contributed by atoms with Gasteiger partial charge in [0.05, 0.1) is 6.10 Å². The van der Waals surface area contributed by atoms with E-state index >= 15 is 0 Å². The van der Waals surface area contributed by atoms with E-state index in [1.54, 1.807) is 0 Å². The van der Waals surface area contributed by atoms with Gasteiger partial charge in [-0.1, -0.05) is 6.92 Å². The van der Waals surface area contributed by atoms with Gasteiger partial charge in [-0.2, -0.15) is 0 Å². The molecule has 0 N–H and O–H groups in total. The number of nitrogens with zero attached hydrogens (tertiary/aromatic N) is 1. The largest absolute Gasteiger partial charge is 0.381 e. The third-order valence-corrected chi connectivity index (χ3v) is 4.55. The average Bonchev–Trinajstić information content (AvgIpc) is 2.39. The van der Waals surface area contributed by atoms with E-state index in [0.717, 1.165) is 11.8 Å². The van der Waals surface area contributed by atoms with Crippen molar-refractivity contribution in [1.29, 1.82) is 0 Å². The second kappa shape index (κ2) is 6.53. The Morgan fingerprint density at radius 3 is 2.18 bits per heavy atom. The Balaban J connectivity index is 1.70. The fourth-order valence-corrected chi connectivity index (χ4v) is 3.11. The summed E-state index contributed by atoms with van der Waals surface area (Å²) in [6.45, 7) is 2.37. The molecule has 0 saturated heterocycles. The summed E-state index contributed by atoms with van der Waals surface area (Å²) in [4.78, 5) is 4.83. The maximum absolute atomic E-state index is 5.40. The van der Waals surface area contributed by atoms with Crippen LogP contribution in [0, 0.1) is 11.8 Å². The summed E-state index contributed by atoms with van der Waals surface area (Å²) in [5.41, 5.74) is 0. The lowest BCUT2D eigenvalue weighted by Crippen LogP contribution is -2.22. The zero-order valence-corrected chi connectivity index (χ0v) is 11.4. The van der Waals surface area contributed by atoms with Crippen LogP contribution < -0.4 is 0 Å². The second-order valence-electron chi connectivity index (χ2n) is 5.98. The van der Waals surface area contributed by atoms with Gasteiger partial charge >= 0.3 is 0 Å². The molecule has 2 rings (SSSR count). The SMILES string of the molecule is COC1CCC(C=NC2CCC(C)CC2)CC1. The summed E-state index contributed by atoms with van der Waals surface area (Å²) in [6, 6.07) is 0.631. The first-order chi connectivity index (χ1) is 8.28. The number of aliphatic imine (C=N–C) groups is 1. The van der Waals surface area contributed by atoms with Crippen molar-refractivity contribution < 1.29 is 4.74 Å². The molecule has 98 valence electrons. The van der Waals surface area contributed by atoms with Crippen LogP contribution in [0.5, 0.6) is 0 Å².